The quantitative estimate of drug-likeness (QED) is 0.740. The molecule has 0 spiro atoms. The topological polar surface area (TPSA) is 12.0 Å². The molecule has 0 saturated carbocycles. The molecule has 100 valence electrons. The molecular weight excluding hydrogens is 329 g/mol. The number of nitrogens with one attached hydrogen (secondary N) is 1. The van der Waals surface area contributed by atoms with Crippen LogP contribution in [0.2, 0.25) is 5.02 Å². The van der Waals surface area contributed by atoms with Crippen molar-refractivity contribution >= 4 is 33.2 Å². The molecule has 1 atom stereocenters. The maximum atomic E-state index is 13.3. The molecule has 0 fully saturated rings. The second-order valence-electron chi connectivity index (χ2n) is 4.28. The van der Waals surface area contributed by atoms with E-state index in [1.54, 1.807) is 12.1 Å². The summed E-state index contributed by atoms with van der Waals surface area (Å²) in [5.41, 5.74) is 1.83. The van der Waals surface area contributed by atoms with E-state index in [9.17, 15) is 4.39 Å². The minimum absolute atomic E-state index is 0.0467. The highest BCUT2D eigenvalue weighted by atomic mass is 79.9. The lowest BCUT2D eigenvalue weighted by Crippen LogP contribution is -2.10. The Morgan fingerprint density at radius 3 is 2.74 bits per heavy atom. The van der Waals surface area contributed by atoms with Gasteiger partial charge in [-0.1, -0.05) is 30.7 Å². The van der Waals surface area contributed by atoms with Gasteiger partial charge in [0.2, 0.25) is 0 Å². The van der Waals surface area contributed by atoms with Crippen molar-refractivity contribution in [3.8, 4) is 0 Å². The standard InChI is InChI=1S/C15H14BrClFN/c1-2-14(10-4-3-5-12(18)8-10)19-15-9-11(17)6-7-13(15)16/h3-9,14,19H,2H2,1H3. The number of hydrogen-bond acceptors (Lipinski definition) is 1. The Kier molecular flexibility index (Phi) is 4.83. The summed E-state index contributed by atoms with van der Waals surface area (Å²) < 4.78 is 14.2. The monoisotopic (exact) mass is 341 g/mol. The summed E-state index contributed by atoms with van der Waals surface area (Å²) >= 11 is 9.47. The van der Waals surface area contributed by atoms with E-state index < -0.39 is 0 Å². The summed E-state index contributed by atoms with van der Waals surface area (Å²) in [5.74, 6) is -0.220. The smallest absolute Gasteiger partial charge is 0.123 e. The lowest BCUT2D eigenvalue weighted by molar-refractivity contribution is 0.621. The highest BCUT2D eigenvalue weighted by Crippen LogP contribution is 2.30. The normalized spacial score (nSPS) is 12.2. The second kappa shape index (κ2) is 6.40. The summed E-state index contributed by atoms with van der Waals surface area (Å²) in [7, 11) is 0. The fourth-order valence-electron chi connectivity index (χ4n) is 1.94. The van der Waals surface area contributed by atoms with Crippen LogP contribution in [-0.2, 0) is 0 Å². The van der Waals surface area contributed by atoms with Gasteiger partial charge in [-0.2, -0.15) is 0 Å². The third-order valence-corrected chi connectivity index (χ3v) is 3.84. The van der Waals surface area contributed by atoms with Crippen molar-refractivity contribution < 1.29 is 4.39 Å². The molecule has 19 heavy (non-hydrogen) atoms. The van der Waals surface area contributed by atoms with Crippen molar-refractivity contribution in [3.05, 3.63) is 63.3 Å². The molecule has 2 aromatic carbocycles. The molecule has 1 nitrogen and oxygen atoms in total. The highest BCUT2D eigenvalue weighted by Gasteiger charge is 2.11. The van der Waals surface area contributed by atoms with Crippen LogP contribution in [-0.4, -0.2) is 0 Å². The molecule has 0 bridgehead atoms. The molecule has 0 aliphatic heterocycles. The Morgan fingerprint density at radius 2 is 2.05 bits per heavy atom. The molecule has 0 aliphatic rings. The maximum absolute atomic E-state index is 13.3. The lowest BCUT2D eigenvalue weighted by atomic mass is 10.0. The summed E-state index contributed by atoms with van der Waals surface area (Å²) in [4.78, 5) is 0. The molecule has 0 aromatic heterocycles. The van der Waals surface area contributed by atoms with Crippen molar-refractivity contribution in [1.82, 2.24) is 0 Å². The number of hydrogen-bond donors (Lipinski definition) is 1. The van der Waals surface area contributed by atoms with Gasteiger partial charge in [0.15, 0.2) is 0 Å². The van der Waals surface area contributed by atoms with E-state index in [-0.39, 0.29) is 11.9 Å². The van der Waals surface area contributed by atoms with E-state index in [1.807, 2.05) is 24.3 Å². The van der Waals surface area contributed by atoms with Crippen LogP contribution in [0.4, 0.5) is 10.1 Å². The van der Waals surface area contributed by atoms with Crippen LogP contribution in [0.1, 0.15) is 24.9 Å². The van der Waals surface area contributed by atoms with Gasteiger partial charge in [0.1, 0.15) is 5.82 Å². The highest BCUT2D eigenvalue weighted by molar-refractivity contribution is 9.10. The Morgan fingerprint density at radius 1 is 1.26 bits per heavy atom. The van der Waals surface area contributed by atoms with Crippen molar-refractivity contribution in [2.24, 2.45) is 0 Å². The van der Waals surface area contributed by atoms with E-state index in [1.165, 1.54) is 6.07 Å². The minimum Gasteiger partial charge on any atom is -0.377 e. The third kappa shape index (κ3) is 3.71. The zero-order chi connectivity index (χ0) is 13.8. The lowest BCUT2D eigenvalue weighted by Gasteiger charge is -2.20. The van der Waals surface area contributed by atoms with Gasteiger partial charge in [0.05, 0.1) is 11.7 Å². The van der Waals surface area contributed by atoms with Gasteiger partial charge >= 0.3 is 0 Å². The first-order chi connectivity index (χ1) is 9.10. The van der Waals surface area contributed by atoms with E-state index >= 15 is 0 Å². The van der Waals surface area contributed by atoms with Crippen LogP contribution >= 0.6 is 27.5 Å². The summed E-state index contributed by atoms with van der Waals surface area (Å²) in [5, 5.41) is 4.05. The number of benzene rings is 2. The average molecular weight is 343 g/mol. The fourth-order valence-corrected chi connectivity index (χ4v) is 2.47. The Labute approximate surface area is 125 Å². The summed E-state index contributed by atoms with van der Waals surface area (Å²) in [6.07, 6.45) is 0.850. The number of anilines is 1. The van der Waals surface area contributed by atoms with E-state index in [2.05, 4.69) is 28.2 Å². The minimum atomic E-state index is -0.220. The Hall–Kier alpha value is -1.06. The Balaban J connectivity index is 2.26. The largest absolute Gasteiger partial charge is 0.377 e. The number of halogens is 3. The van der Waals surface area contributed by atoms with Gasteiger partial charge in [0, 0.05) is 9.50 Å². The van der Waals surface area contributed by atoms with Crippen LogP contribution in [0.3, 0.4) is 0 Å². The predicted octanol–water partition coefficient (Wildman–Crippen LogP) is 5.80. The molecule has 0 saturated heterocycles. The summed E-state index contributed by atoms with van der Waals surface area (Å²) in [6.45, 7) is 2.06. The van der Waals surface area contributed by atoms with Crippen LogP contribution in [0.25, 0.3) is 0 Å². The first kappa shape index (κ1) is 14.4. The molecule has 0 radical (unpaired) electrons. The van der Waals surface area contributed by atoms with Gasteiger partial charge in [-0.15, -0.1) is 0 Å². The van der Waals surface area contributed by atoms with E-state index in [0.717, 1.165) is 22.1 Å². The second-order valence-corrected chi connectivity index (χ2v) is 5.58. The molecule has 0 amide bonds. The SMILES string of the molecule is CCC(Nc1cc(Cl)ccc1Br)c1cccc(F)c1. The van der Waals surface area contributed by atoms with Crippen LogP contribution in [0.5, 0.6) is 0 Å². The summed E-state index contributed by atoms with van der Waals surface area (Å²) in [6, 6.07) is 12.3. The third-order valence-electron chi connectivity index (χ3n) is 2.92. The van der Waals surface area contributed by atoms with Gasteiger partial charge in [-0.25, -0.2) is 4.39 Å². The first-order valence-corrected chi connectivity index (χ1v) is 7.24. The van der Waals surface area contributed by atoms with Crippen molar-refractivity contribution in [2.75, 3.05) is 5.32 Å². The molecule has 4 heteroatoms. The Bertz CT molecular complexity index is 574. The van der Waals surface area contributed by atoms with Crippen LogP contribution in [0, 0.1) is 5.82 Å². The van der Waals surface area contributed by atoms with Gasteiger partial charge < -0.3 is 5.32 Å². The molecule has 2 rings (SSSR count). The van der Waals surface area contributed by atoms with Crippen molar-refractivity contribution in [2.45, 2.75) is 19.4 Å². The molecular formula is C15H14BrClFN. The van der Waals surface area contributed by atoms with Crippen LogP contribution in [0.15, 0.2) is 46.9 Å². The number of rotatable bonds is 4. The zero-order valence-corrected chi connectivity index (χ0v) is 12.8. The fraction of sp³-hybridized carbons (Fsp3) is 0.200. The van der Waals surface area contributed by atoms with Gasteiger partial charge in [-0.3, -0.25) is 0 Å². The van der Waals surface area contributed by atoms with Crippen LogP contribution < -0.4 is 5.32 Å². The molecule has 1 unspecified atom stereocenters. The molecule has 2 aromatic rings. The molecule has 0 heterocycles. The van der Waals surface area contributed by atoms with Crippen molar-refractivity contribution in [1.29, 1.82) is 0 Å². The average Bonchev–Trinajstić information content (AvgIpc) is 2.39. The first-order valence-electron chi connectivity index (χ1n) is 6.07. The van der Waals surface area contributed by atoms with E-state index in [4.69, 9.17) is 11.6 Å². The molecule has 1 N–H and O–H groups in total. The van der Waals surface area contributed by atoms with Gasteiger partial charge in [0.25, 0.3) is 0 Å². The van der Waals surface area contributed by atoms with Crippen molar-refractivity contribution in [3.63, 3.8) is 0 Å². The van der Waals surface area contributed by atoms with Gasteiger partial charge in [-0.05, 0) is 58.2 Å². The maximum Gasteiger partial charge on any atom is 0.123 e. The van der Waals surface area contributed by atoms with E-state index in [0.29, 0.717) is 5.02 Å². The zero-order valence-electron chi connectivity index (χ0n) is 10.5. The predicted molar refractivity (Wildman–Crippen MR) is 82.2 cm³/mol. The molecule has 0 aliphatic carbocycles.